The summed E-state index contributed by atoms with van der Waals surface area (Å²) in [5.41, 5.74) is 7.64. The van der Waals surface area contributed by atoms with Crippen molar-refractivity contribution in [3.05, 3.63) is 53.6 Å². The van der Waals surface area contributed by atoms with Gasteiger partial charge in [-0.3, -0.25) is 19.7 Å². The summed E-state index contributed by atoms with van der Waals surface area (Å²) in [4.78, 5) is 27.1. The number of anilines is 3. The number of carbonyl (C=O) groups excluding carboxylic acids is 2. The Labute approximate surface area is 196 Å². The fourth-order valence-electron chi connectivity index (χ4n) is 3.88. The molecule has 1 fully saturated rings. The lowest BCUT2D eigenvalue weighted by Crippen LogP contribution is -2.55. The number of aliphatic hydroxyl groups excluding tert-OH is 1. The molecule has 0 aliphatic carbocycles. The van der Waals surface area contributed by atoms with Crippen LogP contribution in [0.4, 0.5) is 17.1 Å². The van der Waals surface area contributed by atoms with E-state index in [1.165, 1.54) is 17.0 Å². The number of ether oxygens (including phenoxy) is 1. The summed E-state index contributed by atoms with van der Waals surface area (Å²) >= 11 is 0. The first-order chi connectivity index (χ1) is 15.9. The van der Waals surface area contributed by atoms with E-state index in [2.05, 4.69) is 10.0 Å². The van der Waals surface area contributed by atoms with Gasteiger partial charge in [-0.25, -0.2) is 8.42 Å². The molecule has 2 aliphatic heterocycles. The van der Waals surface area contributed by atoms with Crippen molar-refractivity contribution in [1.82, 2.24) is 0 Å². The molecule has 0 aromatic heterocycles. The molecule has 2 amide bonds. The quantitative estimate of drug-likeness (QED) is 0.304. The molecule has 0 saturated carbocycles. The van der Waals surface area contributed by atoms with Crippen molar-refractivity contribution in [3.63, 3.8) is 0 Å². The number of amidine groups is 1. The van der Waals surface area contributed by atoms with E-state index in [1.54, 1.807) is 44.2 Å². The molecule has 2 atom stereocenters. The van der Waals surface area contributed by atoms with Crippen LogP contribution >= 0.6 is 0 Å². The first-order valence-corrected chi connectivity index (χ1v) is 11.9. The zero-order valence-corrected chi connectivity index (χ0v) is 19.3. The van der Waals surface area contributed by atoms with Crippen molar-refractivity contribution in [2.24, 2.45) is 5.73 Å². The van der Waals surface area contributed by atoms with Gasteiger partial charge in [-0.15, -0.1) is 0 Å². The number of fused-ring (bicyclic) bond motifs is 1. The normalized spacial score (nSPS) is 21.3. The highest BCUT2D eigenvalue weighted by Gasteiger charge is 2.45. The summed E-state index contributed by atoms with van der Waals surface area (Å²) in [5.74, 6) is -1.57. The Kier molecular flexibility index (Phi) is 5.84. The number of hydrogen-bond donors (Lipinski definition) is 5. The fraction of sp³-hybridized carbons (Fsp3) is 0.318. The van der Waals surface area contributed by atoms with E-state index in [4.69, 9.17) is 15.9 Å². The number of carbonyl (C=O) groups is 2. The average molecular weight is 488 g/mol. The van der Waals surface area contributed by atoms with Crippen molar-refractivity contribution < 1.29 is 27.9 Å². The van der Waals surface area contributed by atoms with Gasteiger partial charge in [-0.1, -0.05) is 0 Å². The predicted octanol–water partition coefficient (Wildman–Crippen LogP) is 0.692. The lowest BCUT2D eigenvalue weighted by molar-refractivity contribution is -0.150. The molecule has 180 valence electrons. The van der Waals surface area contributed by atoms with Gasteiger partial charge >= 0.3 is 0 Å². The highest BCUT2D eigenvalue weighted by Crippen LogP contribution is 2.44. The van der Waals surface area contributed by atoms with E-state index in [0.717, 1.165) is 0 Å². The number of nitrogen functional groups attached to an aromatic ring is 1. The molecular formula is C22H25N5O6S. The van der Waals surface area contributed by atoms with Crippen LogP contribution in [0.25, 0.3) is 0 Å². The SMILES string of the molecule is CC1(C)c2cc(N3CCO[C@H](C(O)C(=O)Nc4ccc(C(=N)N)cc4)C3=O)ccc2NS1(=O)=O. The van der Waals surface area contributed by atoms with Gasteiger partial charge in [0.1, 0.15) is 10.6 Å². The Hall–Kier alpha value is -3.48. The number of nitrogens with two attached hydrogens (primary N) is 1. The zero-order valence-electron chi connectivity index (χ0n) is 18.5. The Morgan fingerprint density at radius 1 is 1.29 bits per heavy atom. The van der Waals surface area contributed by atoms with Crippen LogP contribution in [-0.2, 0) is 29.1 Å². The maximum Gasteiger partial charge on any atom is 0.259 e. The number of aliphatic hydroxyl groups is 1. The molecule has 0 radical (unpaired) electrons. The maximum atomic E-state index is 13.1. The average Bonchev–Trinajstić information content (AvgIpc) is 2.97. The van der Waals surface area contributed by atoms with Crippen molar-refractivity contribution in [3.8, 4) is 0 Å². The summed E-state index contributed by atoms with van der Waals surface area (Å²) in [6, 6.07) is 10.9. The van der Waals surface area contributed by atoms with E-state index in [9.17, 15) is 23.1 Å². The lowest BCUT2D eigenvalue weighted by Gasteiger charge is -2.34. The van der Waals surface area contributed by atoms with Crippen LogP contribution in [0.1, 0.15) is 25.0 Å². The second kappa shape index (κ2) is 8.38. The van der Waals surface area contributed by atoms with E-state index >= 15 is 0 Å². The number of amides is 2. The van der Waals surface area contributed by atoms with Crippen molar-refractivity contribution >= 4 is 44.7 Å². The van der Waals surface area contributed by atoms with Gasteiger partial charge in [-0.05, 0) is 56.3 Å². The molecule has 0 bridgehead atoms. The smallest absolute Gasteiger partial charge is 0.259 e. The summed E-state index contributed by atoms with van der Waals surface area (Å²) in [7, 11) is -3.61. The van der Waals surface area contributed by atoms with E-state index in [-0.39, 0.29) is 19.0 Å². The van der Waals surface area contributed by atoms with Crippen LogP contribution in [0.5, 0.6) is 0 Å². The molecule has 34 heavy (non-hydrogen) atoms. The highest BCUT2D eigenvalue weighted by atomic mass is 32.2. The minimum Gasteiger partial charge on any atom is -0.384 e. The van der Waals surface area contributed by atoms with E-state index < -0.39 is 38.8 Å². The van der Waals surface area contributed by atoms with E-state index in [0.29, 0.717) is 28.2 Å². The number of nitrogens with one attached hydrogen (secondary N) is 3. The van der Waals surface area contributed by atoms with Gasteiger partial charge in [0.05, 0.1) is 12.3 Å². The second-order valence-electron chi connectivity index (χ2n) is 8.55. The topological polar surface area (TPSA) is 175 Å². The molecule has 2 aromatic rings. The minimum atomic E-state index is -3.61. The summed E-state index contributed by atoms with van der Waals surface area (Å²) in [6.07, 6.45) is -3.22. The molecule has 6 N–H and O–H groups in total. The number of hydrogen-bond acceptors (Lipinski definition) is 7. The standard InChI is InChI=1S/C22H25N5O6S/c1-22(2)15-11-14(7-8-16(15)26-34(22,31)32)27-9-10-33-18(21(27)30)17(28)20(29)25-13-5-3-12(4-6-13)19(23)24/h3-8,11,17-18,26,28H,9-10H2,1-2H3,(H3,23,24)(H,25,29)/t17?,18-/m1/s1. The van der Waals surface area contributed by atoms with Gasteiger partial charge in [0.2, 0.25) is 10.0 Å². The monoisotopic (exact) mass is 487 g/mol. The van der Waals surface area contributed by atoms with Crippen LogP contribution in [0, 0.1) is 5.41 Å². The van der Waals surface area contributed by atoms with Crippen LogP contribution < -0.4 is 20.7 Å². The van der Waals surface area contributed by atoms with Gasteiger partial charge < -0.3 is 25.8 Å². The van der Waals surface area contributed by atoms with Gasteiger partial charge in [0.25, 0.3) is 11.8 Å². The molecule has 1 unspecified atom stereocenters. The van der Waals surface area contributed by atoms with Gasteiger partial charge in [-0.2, -0.15) is 0 Å². The molecule has 2 aromatic carbocycles. The number of nitrogens with zero attached hydrogens (tertiary/aromatic N) is 1. The van der Waals surface area contributed by atoms with Crippen molar-refractivity contribution in [1.29, 1.82) is 5.41 Å². The molecule has 12 heteroatoms. The molecule has 1 saturated heterocycles. The minimum absolute atomic E-state index is 0.0745. The Morgan fingerprint density at radius 3 is 2.62 bits per heavy atom. The Bertz CT molecular complexity index is 1280. The Balaban J connectivity index is 1.51. The fourth-order valence-corrected chi connectivity index (χ4v) is 5.06. The van der Waals surface area contributed by atoms with Crippen molar-refractivity contribution in [2.45, 2.75) is 30.8 Å². The number of morpholine rings is 1. The van der Waals surface area contributed by atoms with Crippen LogP contribution in [0.3, 0.4) is 0 Å². The van der Waals surface area contributed by atoms with Gasteiger partial charge in [0, 0.05) is 29.0 Å². The largest absolute Gasteiger partial charge is 0.384 e. The number of sulfonamides is 1. The first-order valence-electron chi connectivity index (χ1n) is 10.5. The maximum absolute atomic E-state index is 13.1. The third kappa shape index (κ3) is 4.00. The first kappa shape index (κ1) is 23.7. The zero-order chi connectivity index (χ0) is 24.8. The Morgan fingerprint density at radius 2 is 1.97 bits per heavy atom. The third-order valence-corrected chi connectivity index (χ3v) is 8.07. The lowest BCUT2D eigenvalue weighted by atomic mass is 9.99. The molecule has 11 nitrogen and oxygen atoms in total. The highest BCUT2D eigenvalue weighted by molar-refractivity contribution is 7.94. The van der Waals surface area contributed by atoms with Crippen LogP contribution in [-0.4, -0.2) is 56.5 Å². The summed E-state index contributed by atoms with van der Waals surface area (Å²) < 4.78 is 31.6. The third-order valence-electron chi connectivity index (χ3n) is 6.02. The predicted molar refractivity (Wildman–Crippen MR) is 126 cm³/mol. The second-order valence-corrected chi connectivity index (χ2v) is 10.8. The summed E-state index contributed by atoms with van der Waals surface area (Å²) in [6.45, 7) is 3.40. The van der Waals surface area contributed by atoms with Gasteiger partial charge in [0.15, 0.2) is 12.2 Å². The van der Waals surface area contributed by atoms with Crippen LogP contribution in [0.2, 0.25) is 0 Å². The number of benzene rings is 2. The molecule has 0 spiro atoms. The molecule has 2 aliphatic rings. The van der Waals surface area contributed by atoms with E-state index in [1.807, 2.05) is 0 Å². The molecule has 4 rings (SSSR count). The summed E-state index contributed by atoms with van der Waals surface area (Å²) in [5, 5.41) is 20.5. The molecular weight excluding hydrogens is 462 g/mol. The number of rotatable bonds is 5. The van der Waals surface area contributed by atoms with Crippen molar-refractivity contribution in [2.75, 3.05) is 28.1 Å². The molecule has 2 heterocycles. The van der Waals surface area contributed by atoms with Crippen LogP contribution in [0.15, 0.2) is 42.5 Å².